The fourth-order valence-corrected chi connectivity index (χ4v) is 5.39. The molecule has 2 heterocycles. The van der Waals surface area contributed by atoms with Gasteiger partial charge >= 0.3 is 0 Å². The number of rotatable bonds is 4. The lowest BCUT2D eigenvalue weighted by Crippen LogP contribution is -2.29. The van der Waals surface area contributed by atoms with Crippen LogP contribution in [0.3, 0.4) is 0 Å². The number of halogens is 1. The van der Waals surface area contributed by atoms with Crippen LogP contribution in [-0.4, -0.2) is 32.4 Å². The van der Waals surface area contributed by atoms with Gasteiger partial charge in [0.2, 0.25) is 0 Å². The quantitative estimate of drug-likeness (QED) is 0.919. The van der Waals surface area contributed by atoms with Crippen molar-refractivity contribution >= 4 is 27.1 Å². The second-order valence-electron chi connectivity index (χ2n) is 5.65. The maximum Gasteiger partial charge on any atom is 0.261 e. The van der Waals surface area contributed by atoms with Gasteiger partial charge < -0.3 is 5.32 Å². The van der Waals surface area contributed by atoms with Crippen molar-refractivity contribution in [3.8, 4) is 11.1 Å². The van der Waals surface area contributed by atoms with E-state index in [0.717, 1.165) is 11.1 Å². The average Bonchev–Trinajstić information content (AvgIpc) is 3.12. The molecular formula is C16H16FNO3S2. The van der Waals surface area contributed by atoms with Gasteiger partial charge in [-0.3, -0.25) is 4.79 Å². The van der Waals surface area contributed by atoms with Gasteiger partial charge in [0, 0.05) is 12.1 Å². The molecule has 0 bridgehead atoms. The maximum absolute atomic E-state index is 13.0. The lowest BCUT2D eigenvalue weighted by atomic mass is 10.1. The summed E-state index contributed by atoms with van der Waals surface area (Å²) in [6, 6.07) is 7.82. The van der Waals surface area contributed by atoms with Crippen LogP contribution >= 0.6 is 11.3 Å². The minimum Gasteiger partial charge on any atom is -0.351 e. The smallest absolute Gasteiger partial charge is 0.261 e. The predicted octanol–water partition coefficient (Wildman–Crippen LogP) is 2.72. The Labute approximate surface area is 138 Å². The molecule has 1 amide bonds. The van der Waals surface area contributed by atoms with Gasteiger partial charge in [-0.2, -0.15) is 0 Å². The van der Waals surface area contributed by atoms with Gasteiger partial charge in [-0.25, -0.2) is 12.8 Å². The van der Waals surface area contributed by atoms with E-state index in [1.807, 2.05) is 11.4 Å². The molecule has 1 fully saturated rings. The van der Waals surface area contributed by atoms with Crippen molar-refractivity contribution in [1.29, 1.82) is 0 Å². The van der Waals surface area contributed by atoms with E-state index in [4.69, 9.17) is 0 Å². The SMILES string of the molecule is O=C(NC[C@H]1CCS(=O)(=O)C1)c1sccc1-c1ccc(F)cc1. The van der Waals surface area contributed by atoms with Gasteiger partial charge in [-0.05, 0) is 41.5 Å². The summed E-state index contributed by atoms with van der Waals surface area (Å²) >= 11 is 1.31. The molecule has 1 aliphatic rings. The van der Waals surface area contributed by atoms with E-state index in [-0.39, 0.29) is 29.1 Å². The van der Waals surface area contributed by atoms with Crippen molar-refractivity contribution < 1.29 is 17.6 Å². The molecule has 1 aliphatic heterocycles. The standard InChI is InChI=1S/C16H16FNO3S2/c17-13-3-1-12(2-4-13)14-5-7-22-15(14)16(19)18-9-11-6-8-23(20,21)10-11/h1-5,7,11H,6,8-10H2,(H,18,19)/t11-/m1/s1. The number of carbonyl (C=O) groups excluding carboxylic acids is 1. The van der Waals surface area contributed by atoms with E-state index < -0.39 is 9.84 Å². The monoisotopic (exact) mass is 353 g/mol. The predicted molar refractivity (Wildman–Crippen MR) is 88.8 cm³/mol. The molecule has 0 saturated carbocycles. The summed E-state index contributed by atoms with van der Waals surface area (Å²) in [7, 11) is -2.94. The van der Waals surface area contributed by atoms with Crippen molar-refractivity contribution in [3.63, 3.8) is 0 Å². The number of nitrogens with one attached hydrogen (secondary N) is 1. The molecule has 1 atom stereocenters. The molecule has 122 valence electrons. The van der Waals surface area contributed by atoms with E-state index in [9.17, 15) is 17.6 Å². The number of benzene rings is 1. The molecule has 2 aromatic rings. The van der Waals surface area contributed by atoms with E-state index >= 15 is 0 Å². The number of thiophene rings is 1. The van der Waals surface area contributed by atoms with Crippen LogP contribution in [0.1, 0.15) is 16.1 Å². The molecule has 7 heteroatoms. The highest BCUT2D eigenvalue weighted by Crippen LogP contribution is 2.28. The Bertz CT molecular complexity index is 812. The highest BCUT2D eigenvalue weighted by atomic mass is 32.2. The van der Waals surface area contributed by atoms with Gasteiger partial charge in [0.05, 0.1) is 16.4 Å². The van der Waals surface area contributed by atoms with Crippen molar-refractivity contribution in [2.24, 2.45) is 5.92 Å². The first kappa shape index (κ1) is 16.1. The first-order chi connectivity index (χ1) is 10.9. The van der Waals surface area contributed by atoms with Crippen molar-refractivity contribution in [2.75, 3.05) is 18.1 Å². The highest BCUT2D eigenvalue weighted by Gasteiger charge is 2.28. The molecule has 1 saturated heterocycles. The molecule has 0 aliphatic carbocycles. The molecule has 3 rings (SSSR count). The first-order valence-electron chi connectivity index (χ1n) is 7.27. The van der Waals surface area contributed by atoms with Crippen molar-refractivity contribution in [1.82, 2.24) is 5.32 Å². The second-order valence-corrected chi connectivity index (χ2v) is 8.79. The molecule has 0 unspecified atom stereocenters. The Hall–Kier alpha value is -1.73. The highest BCUT2D eigenvalue weighted by molar-refractivity contribution is 7.91. The summed E-state index contributed by atoms with van der Waals surface area (Å²) in [4.78, 5) is 12.9. The fraction of sp³-hybridized carbons (Fsp3) is 0.312. The summed E-state index contributed by atoms with van der Waals surface area (Å²) in [6.45, 7) is 0.360. The van der Waals surface area contributed by atoms with Gasteiger partial charge in [0.15, 0.2) is 9.84 Å². The van der Waals surface area contributed by atoms with Crippen LogP contribution in [0, 0.1) is 11.7 Å². The van der Waals surface area contributed by atoms with Crippen molar-refractivity contribution in [3.05, 3.63) is 46.4 Å². The zero-order valence-electron chi connectivity index (χ0n) is 12.3. The summed E-state index contributed by atoms with van der Waals surface area (Å²) in [5, 5.41) is 4.63. The van der Waals surface area contributed by atoms with Gasteiger partial charge in [-0.1, -0.05) is 12.1 Å². The van der Waals surface area contributed by atoms with Crippen LogP contribution < -0.4 is 5.32 Å². The van der Waals surface area contributed by atoms with Gasteiger partial charge in [0.25, 0.3) is 5.91 Å². The number of sulfone groups is 1. The van der Waals surface area contributed by atoms with E-state index in [1.54, 1.807) is 12.1 Å². The van der Waals surface area contributed by atoms with Crippen LogP contribution in [0.2, 0.25) is 0 Å². The lowest BCUT2D eigenvalue weighted by molar-refractivity contribution is 0.0953. The van der Waals surface area contributed by atoms with Gasteiger partial charge in [-0.15, -0.1) is 11.3 Å². The molecule has 1 aromatic heterocycles. The number of hydrogen-bond acceptors (Lipinski definition) is 4. The zero-order valence-corrected chi connectivity index (χ0v) is 13.9. The molecular weight excluding hydrogens is 337 g/mol. The third kappa shape index (κ3) is 3.79. The largest absolute Gasteiger partial charge is 0.351 e. The normalized spacial score (nSPS) is 19.6. The number of amides is 1. The number of carbonyl (C=O) groups is 1. The molecule has 4 nitrogen and oxygen atoms in total. The molecule has 1 aromatic carbocycles. The van der Waals surface area contributed by atoms with Crippen molar-refractivity contribution in [2.45, 2.75) is 6.42 Å². The third-order valence-electron chi connectivity index (χ3n) is 3.90. The third-order valence-corrected chi connectivity index (χ3v) is 6.65. The molecule has 0 spiro atoms. The molecule has 0 radical (unpaired) electrons. The van der Waals surface area contributed by atoms with Gasteiger partial charge in [0.1, 0.15) is 5.82 Å². The summed E-state index contributed by atoms with van der Waals surface area (Å²) in [5.74, 6) is -0.213. The van der Waals surface area contributed by atoms with E-state index in [0.29, 0.717) is 17.8 Å². The Morgan fingerprint density at radius 3 is 2.65 bits per heavy atom. The first-order valence-corrected chi connectivity index (χ1v) is 9.97. The van der Waals surface area contributed by atoms with E-state index in [1.165, 1.54) is 23.5 Å². The molecule has 23 heavy (non-hydrogen) atoms. The fourth-order valence-electron chi connectivity index (χ4n) is 2.69. The average molecular weight is 353 g/mol. The topological polar surface area (TPSA) is 63.2 Å². The van der Waals surface area contributed by atoms with Crippen LogP contribution in [0.4, 0.5) is 4.39 Å². The van der Waals surface area contributed by atoms with Crippen LogP contribution in [-0.2, 0) is 9.84 Å². The van der Waals surface area contributed by atoms with Crippen LogP contribution in [0.5, 0.6) is 0 Å². The maximum atomic E-state index is 13.0. The Morgan fingerprint density at radius 2 is 2.00 bits per heavy atom. The summed E-state index contributed by atoms with van der Waals surface area (Å²) in [6.07, 6.45) is 0.595. The minimum absolute atomic E-state index is 0.0156. The Balaban J connectivity index is 1.69. The summed E-state index contributed by atoms with van der Waals surface area (Å²) in [5.41, 5.74) is 1.53. The Morgan fingerprint density at radius 1 is 1.26 bits per heavy atom. The second kappa shape index (κ2) is 6.41. The molecule has 1 N–H and O–H groups in total. The zero-order chi connectivity index (χ0) is 16.4. The van der Waals surface area contributed by atoms with Crippen LogP contribution in [0.15, 0.2) is 35.7 Å². The minimum atomic E-state index is -2.94. The lowest BCUT2D eigenvalue weighted by Gasteiger charge is -2.10. The van der Waals surface area contributed by atoms with E-state index in [2.05, 4.69) is 5.32 Å². The summed E-state index contributed by atoms with van der Waals surface area (Å²) < 4.78 is 35.9. The Kier molecular flexibility index (Phi) is 4.50. The number of hydrogen-bond donors (Lipinski definition) is 1. The van der Waals surface area contributed by atoms with Crippen LogP contribution in [0.25, 0.3) is 11.1 Å².